The predicted molar refractivity (Wildman–Crippen MR) is 129 cm³/mol. The first-order chi connectivity index (χ1) is 16.1. The van der Waals surface area contributed by atoms with Crippen molar-refractivity contribution in [2.45, 2.75) is 19.4 Å². The minimum Gasteiger partial charge on any atom is -0.399 e. The Morgan fingerprint density at radius 3 is 2.36 bits per heavy atom. The van der Waals surface area contributed by atoms with Gasteiger partial charge in [-0.05, 0) is 47.9 Å². The van der Waals surface area contributed by atoms with Gasteiger partial charge in [-0.1, -0.05) is 59.8 Å². The molecule has 0 saturated carbocycles. The van der Waals surface area contributed by atoms with Crippen molar-refractivity contribution < 1.29 is 14.4 Å². The van der Waals surface area contributed by atoms with Gasteiger partial charge in [0, 0.05) is 24.1 Å². The molecule has 1 heterocycles. The molecule has 168 valence electrons. The fourth-order valence-electron chi connectivity index (χ4n) is 4.14. The molecule has 6 heteroatoms. The summed E-state index contributed by atoms with van der Waals surface area (Å²) >= 11 is 0. The Balaban J connectivity index is 1.49. The van der Waals surface area contributed by atoms with Crippen LogP contribution in [0, 0.1) is 6.92 Å². The average Bonchev–Trinajstić information content (AvgIpc) is 3.26. The Labute approximate surface area is 193 Å². The third-order valence-electron chi connectivity index (χ3n) is 5.87. The minimum absolute atomic E-state index is 0.0911. The number of hydrogen-bond donors (Lipinski definition) is 1. The van der Waals surface area contributed by atoms with Gasteiger partial charge < -0.3 is 15.1 Å². The van der Waals surface area contributed by atoms with Gasteiger partial charge in [-0.25, -0.2) is 0 Å². The van der Waals surface area contributed by atoms with E-state index in [1.165, 1.54) is 12.7 Å². The van der Waals surface area contributed by atoms with Crippen LogP contribution in [-0.2, 0) is 4.84 Å². The van der Waals surface area contributed by atoms with Crippen molar-refractivity contribution >= 4 is 17.5 Å². The third-order valence-corrected chi connectivity index (χ3v) is 5.87. The molecule has 0 bridgehead atoms. The maximum atomic E-state index is 13.4. The topological polar surface area (TPSA) is 71.0 Å². The molecule has 1 atom stereocenters. The van der Waals surface area contributed by atoms with E-state index in [1.54, 1.807) is 17.0 Å². The summed E-state index contributed by atoms with van der Waals surface area (Å²) in [6.07, 6.45) is 0.552. The molecule has 4 rings (SSSR count). The lowest BCUT2D eigenvalue weighted by Gasteiger charge is -2.24. The first-order valence-electron chi connectivity index (χ1n) is 11.0. The van der Waals surface area contributed by atoms with E-state index in [-0.39, 0.29) is 17.9 Å². The normalized spacial score (nSPS) is 16.6. The van der Waals surface area contributed by atoms with Crippen LogP contribution in [-0.4, -0.2) is 48.7 Å². The van der Waals surface area contributed by atoms with Gasteiger partial charge in [-0.2, -0.15) is 0 Å². The van der Waals surface area contributed by atoms with Crippen molar-refractivity contribution in [3.05, 3.63) is 95.6 Å². The van der Waals surface area contributed by atoms with E-state index in [4.69, 9.17) is 4.84 Å². The van der Waals surface area contributed by atoms with Gasteiger partial charge in [-0.3, -0.25) is 9.59 Å². The zero-order chi connectivity index (χ0) is 23.2. The van der Waals surface area contributed by atoms with E-state index in [2.05, 4.69) is 29.5 Å². The lowest BCUT2D eigenvalue weighted by Crippen LogP contribution is -2.43. The first kappa shape index (κ1) is 22.3. The number of benzene rings is 3. The zero-order valence-electron chi connectivity index (χ0n) is 18.8. The van der Waals surface area contributed by atoms with Crippen LogP contribution in [0.15, 0.2) is 84.0 Å². The number of likely N-dealkylation sites (tertiary alicyclic amines) is 1. The Hall–Kier alpha value is -3.93. The van der Waals surface area contributed by atoms with Crippen LogP contribution in [0.4, 0.5) is 0 Å². The standard InChI is InChI=1S/C27H27N3O3/c1-19-8-6-7-11-25(19)20-12-14-22(15-13-20)27(32)30-18-23(29-33-2)16-24(30)17-28-26(31)21-9-4-3-5-10-21/h3-15,24H,16-18H2,1-2H3,(H,28,31)/b29-23+/t24-/m0/s1. The van der Waals surface area contributed by atoms with Gasteiger partial charge in [0.05, 0.1) is 18.3 Å². The highest BCUT2D eigenvalue weighted by molar-refractivity contribution is 6.01. The summed E-state index contributed by atoms with van der Waals surface area (Å²) < 4.78 is 0. The van der Waals surface area contributed by atoms with Crippen molar-refractivity contribution in [2.75, 3.05) is 20.2 Å². The Morgan fingerprint density at radius 1 is 0.970 bits per heavy atom. The molecule has 1 aliphatic heterocycles. The van der Waals surface area contributed by atoms with Crippen molar-refractivity contribution in [1.82, 2.24) is 10.2 Å². The summed E-state index contributed by atoms with van der Waals surface area (Å²) in [6.45, 7) is 2.78. The van der Waals surface area contributed by atoms with E-state index >= 15 is 0 Å². The average molecular weight is 442 g/mol. The monoisotopic (exact) mass is 441 g/mol. The SMILES string of the molecule is CO/N=C1\C[C@@H](CNC(=O)c2ccccc2)N(C(=O)c2ccc(-c3ccccc3C)cc2)C1. The maximum Gasteiger partial charge on any atom is 0.254 e. The second-order valence-electron chi connectivity index (χ2n) is 8.10. The van der Waals surface area contributed by atoms with E-state index in [1.807, 2.05) is 54.6 Å². The summed E-state index contributed by atoms with van der Waals surface area (Å²) in [5, 5.41) is 7.01. The summed E-state index contributed by atoms with van der Waals surface area (Å²) in [5.41, 5.74) is 5.37. The molecule has 1 N–H and O–H groups in total. The molecule has 1 fully saturated rings. The molecule has 1 saturated heterocycles. The number of nitrogens with zero attached hydrogens (tertiary/aromatic N) is 2. The number of nitrogens with one attached hydrogen (secondary N) is 1. The Bertz CT molecular complexity index is 1160. The van der Waals surface area contributed by atoms with Crippen molar-refractivity contribution in [1.29, 1.82) is 0 Å². The van der Waals surface area contributed by atoms with E-state index in [0.29, 0.717) is 30.6 Å². The van der Waals surface area contributed by atoms with Crippen molar-refractivity contribution in [2.24, 2.45) is 5.16 Å². The summed E-state index contributed by atoms with van der Waals surface area (Å²) in [4.78, 5) is 32.5. The lowest BCUT2D eigenvalue weighted by atomic mass is 9.99. The minimum atomic E-state index is -0.199. The zero-order valence-corrected chi connectivity index (χ0v) is 18.8. The van der Waals surface area contributed by atoms with E-state index < -0.39 is 0 Å². The molecule has 33 heavy (non-hydrogen) atoms. The smallest absolute Gasteiger partial charge is 0.254 e. The summed E-state index contributed by atoms with van der Waals surface area (Å²) in [5.74, 6) is -0.255. The second kappa shape index (κ2) is 10.1. The number of rotatable bonds is 6. The van der Waals surface area contributed by atoms with Crippen LogP contribution < -0.4 is 5.32 Å². The third kappa shape index (κ3) is 5.12. The number of aryl methyl sites for hydroxylation is 1. The lowest BCUT2D eigenvalue weighted by molar-refractivity contribution is 0.0728. The predicted octanol–water partition coefficient (Wildman–Crippen LogP) is 4.31. The largest absolute Gasteiger partial charge is 0.399 e. The number of amides is 2. The van der Waals surface area contributed by atoms with Crippen LogP contribution >= 0.6 is 0 Å². The van der Waals surface area contributed by atoms with Crippen molar-refractivity contribution in [3.8, 4) is 11.1 Å². The summed E-state index contributed by atoms with van der Waals surface area (Å²) in [6, 6.07) is 24.7. The maximum absolute atomic E-state index is 13.4. The second-order valence-corrected chi connectivity index (χ2v) is 8.10. The molecule has 0 aromatic heterocycles. The fraction of sp³-hybridized carbons (Fsp3) is 0.222. The molecule has 0 radical (unpaired) electrons. The Kier molecular flexibility index (Phi) is 6.83. The van der Waals surface area contributed by atoms with Crippen LogP contribution in [0.25, 0.3) is 11.1 Å². The number of oxime groups is 1. The molecular weight excluding hydrogens is 414 g/mol. The number of carbonyl (C=O) groups is 2. The van der Waals surface area contributed by atoms with Crippen LogP contribution in [0.3, 0.4) is 0 Å². The molecule has 2 amide bonds. The van der Waals surface area contributed by atoms with Gasteiger partial charge in [0.1, 0.15) is 7.11 Å². The fourth-order valence-corrected chi connectivity index (χ4v) is 4.14. The van der Waals surface area contributed by atoms with Crippen LogP contribution in [0.1, 0.15) is 32.7 Å². The molecule has 0 aliphatic carbocycles. The highest BCUT2D eigenvalue weighted by Crippen LogP contribution is 2.25. The highest BCUT2D eigenvalue weighted by Gasteiger charge is 2.34. The number of hydrogen-bond acceptors (Lipinski definition) is 4. The van der Waals surface area contributed by atoms with Gasteiger partial charge in [0.2, 0.25) is 0 Å². The van der Waals surface area contributed by atoms with Gasteiger partial charge >= 0.3 is 0 Å². The Morgan fingerprint density at radius 2 is 1.67 bits per heavy atom. The van der Waals surface area contributed by atoms with Gasteiger partial charge in [0.25, 0.3) is 11.8 Å². The summed E-state index contributed by atoms with van der Waals surface area (Å²) in [7, 11) is 1.49. The molecular formula is C27H27N3O3. The van der Waals surface area contributed by atoms with E-state index in [0.717, 1.165) is 16.8 Å². The molecule has 3 aromatic carbocycles. The van der Waals surface area contributed by atoms with Gasteiger partial charge in [0.15, 0.2) is 0 Å². The quantitative estimate of drug-likeness (QED) is 0.580. The molecule has 0 unspecified atom stereocenters. The number of carbonyl (C=O) groups excluding carboxylic acids is 2. The molecule has 6 nitrogen and oxygen atoms in total. The van der Waals surface area contributed by atoms with E-state index in [9.17, 15) is 9.59 Å². The van der Waals surface area contributed by atoms with Crippen molar-refractivity contribution in [3.63, 3.8) is 0 Å². The molecule has 1 aliphatic rings. The van der Waals surface area contributed by atoms with Gasteiger partial charge in [-0.15, -0.1) is 0 Å². The molecule has 3 aromatic rings. The van der Waals surface area contributed by atoms with Crippen LogP contribution in [0.2, 0.25) is 0 Å². The van der Waals surface area contributed by atoms with Crippen LogP contribution in [0.5, 0.6) is 0 Å². The molecule has 0 spiro atoms. The first-order valence-corrected chi connectivity index (χ1v) is 11.0. The highest BCUT2D eigenvalue weighted by atomic mass is 16.6.